The zero-order valence-electron chi connectivity index (χ0n) is 42.2. The summed E-state index contributed by atoms with van der Waals surface area (Å²) in [4.78, 5) is 26.5. The average molecular weight is 1280 g/mol. The summed E-state index contributed by atoms with van der Waals surface area (Å²) in [6, 6.07) is 63.7. The molecule has 7 aromatic carbocycles. The lowest BCUT2D eigenvalue weighted by atomic mass is 10.1. The summed E-state index contributed by atoms with van der Waals surface area (Å²) in [5.41, 5.74) is 12.2. The van der Waals surface area contributed by atoms with Crippen LogP contribution in [0.5, 0.6) is 0 Å². The van der Waals surface area contributed by atoms with Gasteiger partial charge in [-0.2, -0.15) is 10.2 Å². The molecule has 9 N–H and O–H groups in total. The zero-order chi connectivity index (χ0) is 56.6. The number of hydrogen-bond acceptors (Lipinski definition) is 12. The van der Waals surface area contributed by atoms with E-state index in [4.69, 9.17) is 36.2 Å². The van der Waals surface area contributed by atoms with E-state index in [9.17, 15) is 9.59 Å². The minimum Gasteiger partial charge on any atom is -0.481 e. The lowest BCUT2D eigenvalue weighted by Gasteiger charge is -2.04. The van der Waals surface area contributed by atoms with Crippen LogP contribution in [0.15, 0.2) is 241 Å². The number of carbonyl (C=O) groups excluding carboxylic acids is 1. The number of nitriles is 1. The summed E-state index contributed by atoms with van der Waals surface area (Å²) < 4.78 is 8.24. The molecule has 406 valence electrons. The summed E-state index contributed by atoms with van der Waals surface area (Å²) in [5, 5.41) is 52.7. The molecule has 1 heterocycles. The monoisotopic (exact) mass is 1270 g/mol. The molecule has 0 unspecified atom stereocenters. The number of hydrogen-bond donors (Lipinski definition) is 7. The first-order chi connectivity index (χ1) is 37.9. The molecule has 1 aromatic heterocycles. The van der Waals surface area contributed by atoms with E-state index in [0.29, 0.717) is 18.1 Å². The molecule has 15 nitrogen and oxygen atoms in total. The number of amidine groups is 2. The Morgan fingerprint density at radius 2 is 0.975 bits per heavy atom. The van der Waals surface area contributed by atoms with Crippen molar-refractivity contribution in [2.24, 2.45) is 21.9 Å². The van der Waals surface area contributed by atoms with Crippen molar-refractivity contribution in [3.63, 3.8) is 0 Å². The summed E-state index contributed by atoms with van der Waals surface area (Å²) in [7, 11) is 0. The smallest absolute Gasteiger partial charge is 0.307 e. The Hall–Kier alpha value is -8.54. The molecular weight excluding hydrogens is 1220 g/mol. The number of nitrogens with one attached hydrogen (secondary N) is 1. The van der Waals surface area contributed by atoms with Gasteiger partial charge in [0.25, 0.3) is 0 Å². The summed E-state index contributed by atoms with van der Waals surface area (Å²) in [5.74, 6) is 3.86. The molecule has 0 aliphatic rings. The lowest BCUT2D eigenvalue weighted by Crippen LogP contribution is -2.30. The first-order valence-electron chi connectivity index (χ1n) is 23.2. The third-order valence-corrected chi connectivity index (χ3v) is 11.2. The maximum atomic E-state index is 11.9. The minimum atomic E-state index is -0.799. The highest BCUT2D eigenvalue weighted by atomic mass is 79.9. The van der Waals surface area contributed by atoms with Gasteiger partial charge in [-0.3, -0.25) is 9.59 Å². The molecule has 79 heavy (non-hydrogen) atoms. The summed E-state index contributed by atoms with van der Waals surface area (Å²) in [6.45, 7) is 0. The number of rotatable bonds is 13. The van der Waals surface area contributed by atoms with E-state index < -0.39 is 5.97 Å². The molecule has 19 heteroatoms. The van der Waals surface area contributed by atoms with Crippen LogP contribution in [0, 0.1) is 11.3 Å². The number of halogens is 4. The Balaban J connectivity index is 0.000000346. The Morgan fingerprint density at radius 1 is 0.570 bits per heavy atom. The van der Waals surface area contributed by atoms with Gasteiger partial charge in [0.1, 0.15) is 0 Å². The van der Waals surface area contributed by atoms with Crippen molar-refractivity contribution < 1.29 is 34.8 Å². The van der Waals surface area contributed by atoms with Crippen molar-refractivity contribution >= 4 is 114 Å². The maximum Gasteiger partial charge on any atom is 0.307 e. The van der Waals surface area contributed by atoms with Gasteiger partial charge >= 0.3 is 5.97 Å². The number of oxime groups is 2. The van der Waals surface area contributed by atoms with Crippen LogP contribution in [0.3, 0.4) is 0 Å². The zero-order valence-corrected chi connectivity index (χ0v) is 47.7. The molecule has 0 fully saturated rings. The second-order valence-electron chi connectivity index (χ2n) is 15.5. The van der Waals surface area contributed by atoms with E-state index >= 15 is 0 Å². The van der Waals surface area contributed by atoms with Crippen LogP contribution in [0.25, 0.3) is 30.4 Å². The Bertz CT molecular complexity index is 3200. The second-order valence-corrected chi connectivity index (χ2v) is 18.3. The van der Waals surface area contributed by atoms with Gasteiger partial charge in [0.05, 0.1) is 25.3 Å². The first kappa shape index (κ1) is 66.6. The molecular formula is C60H56Br3ClN8O7. The van der Waals surface area contributed by atoms with E-state index in [2.05, 4.69) is 79.5 Å². The average Bonchev–Trinajstić information content (AvgIpc) is 3.93. The van der Waals surface area contributed by atoms with Crippen LogP contribution in [-0.2, 0) is 28.9 Å². The van der Waals surface area contributed by atoms with Crippen LogP contribution >= 0.6 is 60.2 Å². The highest BCUT2D eigenvalue weighted by Crippen LogP contribution is 2.15. The van der Waals surface area contributed by atoms with Crippen LogP contribution in [0.4, 0.5) is 0 Å². The molecule has 1 amide bonds. The number of aliphatic carboxylic acids is 1. The molecule has 0 spiro atoms. The molecule has 0 atom stereocenters. The molecule has 0 bridgehead atoms. The van der Waals surface area contributed by atoms with Crippen LogP contribution in [-0.4, -0.2) is 54.4 Å². The number of carboxylic acid groups (broad SMARTS) is 1. The van der Waals surface area contributed by atoms with E-state index in [0.717, 1.165) is 52.4 Å². The van der Waals surface area contributed by atoms with Gasteiger partial charge in [0.15, 0.2) is 17.5 Å². The SMILES string of the molecule is Brc1ccc(Cc2nc(/C=C/c3ccccc3)no2)cc1.Cl.N#C/C=C/c1ccccc1.NC(/C=C/c1ccccc1)=N\O.NO.O=C(Cc1ccc(Br)cc1)NC(/C=C/c1ccccc1)=N/O.O=C(O)Cc1ccc(Br)cc1. The first-order valence-corrected chi connectivity index (χ1v) is 25.6. The summed E-state index contributed by atoms with van der Waals surface area (Å²) >= 11 is 10.0. The molecule has 0 saturated heterocycles. The number of aromatic nitrogens is 2. The number of nitrogens with zero attached hydrogens (tertiary/aromatic N) is 5. The van der Waals surface area contributed by atoms with Crippen LogP contribution in [0.2, 0.25) is 0 Å². The summed E-state index contributed by atoms with van der Waals surface area (Å²) in [6.07, 6.45) is 14.6. The molecule has 8 rings (SSSR count). The van der Waals surface area contributed by atoms with E-state index in [-0.39, 0.29) is 42.8 Å². The number of benzene rings is 7. The third kappa shape index (κ3) is 30.7. The largest absolute Gasteiger partial charge is 0.481 e. The fourth-order valence-corrected chi connectivity index (χ4v) is 6.78. The highest BCUT2D eigenvalue weighted by molar-refractivity contribution is 9.11. The van der Waals surface area contributed by atoms with Crippen LogP contribution in [0.1, 0.15) is 50.7 Å². The standard InChI is InChI=1S/C17H15BrN2O2.C17H13BrN2O.C9H10N2O.C9H7N.C8H7BrO2.ClH.H3NO/c18-15-9-6-14(7-10-15)12-17(21)19-16(20-22)11-8-13-4-2-1-3-5-13;18-15-9-6-14(7-10-15)12-17-19-16(20-21-17)11-8-13-4-2-1-3-5-13;10-9(11-12)7-6-8-4-2-1-3-5-8;10-8-4-7-9-5-2-1-3-6-9;9-7-3-1-6(2-4-7)5-8(10)11;;1-2/h1-11,22H,12H2,(H,19,20,21);1-11H,12H2;1-7,12H,(H2,10,11);1-7H;1-4H,5H2,(H,10,11);1H;2H,1H2/b2*11-8+;7-6+;7-4+;;;. The van der Waals surface area contributed by atoms with Crippen molar-refractivity contribution in [2.45, 2.75) is 19.3 Å². The quantitative estimate of drug-likeness (QED) is 0.0187. The van der Waals surface area contributed by atoms with Gasteiger partial charge in [-0.1, -0.05) is 239 Å². The Kier molecular flexibility index (Phi) is 34.3. The number of allylic oxidation sites excluding steroid dienone is 1. The van der Waals surface area contributed by atoms with Gasteiger partial charge in [-0.25, -0.2) is 5.90 Å². The molecule has 8 aromatic rings. The Labute approximate surface area is 490 Å². The van der Waals surface area contributed by atoms with Gasteiger partial charge in [-0.05, 0) is 99.6 Å². The van der Waals surface area contributed by atoms with Gasteiger partial charge in [-0.15, -0.1) is 12.4 Å². The Morgan fingerprint density at radius 3 is 1.39 bits per heavy atom. The molecule has 0 aliphatic carbocycles. The van der Waals surface area contributed by atoms with Crippen molar-refractivity contribution in [1.29, 1.82) is 5.26 Å². The lowest BCUT2D eigenvalue weighted by molar-refractivity contribution is -0.136. The fraction of sp³-hybridized carbons (Fsp3) is 0.0500. The molecule has 0 saturated carbocycles. The second kappa shape index (κ2) is 40.7. The third-order valence-electron chi connectivity index (χ3n) is 9.64. The van der Waals surface area contributed by atoms with E-state index in [1.165, 1.54) is 12.2 Å². The van der Waals surface area contributed by atoms with E-state index in [1.807, 2.05) is 200 Å². The molecule has 0 radical (unpaired) electrons. The van der Waals surface area contributed by atoms with Crippen molar-refractivity contribution in [2.75, 3.05) is 0 Å². The van der Waals surface area contributed by atoms with Gasteiger partial charge in [0, 0.05) is 19.5 Å². The van der Waals surface area contributed by atoms with Gasteiger partial charge < -0.3 is 36.3 Å². The van der Waals surface area contributed by atoms with Crippen molar-refractivity contribution in [1.82, 2.24) is 15.5 Å². The number of amides is 1. The number of nitrogens with two attached hydrogens (primary N) is 2. The van der Waals surface area contributed by atoms with Crippen molar-refractivity contribution in [3.8, 4) is 6.07 Å². The van der Waals surface area contributed by atoms with Gasteiger partial charge in [0.2, 0.25) is 11.8 Å². The molecule has 0 aliphatic heterocycles. The number of carbonyl (C=O) groups is 2. The van der Waals surface area contributed by atoms with Crippen molar-refractivity contribution in [3.05, 3.63) is 276 Å². The number of carboxylic acids is 1. The maximum absolute atomic E-state index is 11.9. The topological polar surface area (TPSA) is 267 Å². The van der Waals surface area contributed by atoms with E-state index in [1.54, 1.807) is 36.4 Å². The normalized spacial score (nSPS) is 10.6. The van der Waals surface area contributed by atoms with Crippen LogP contribution < -0.4 is 16.9 Å². The minimum absolute atomic E-state index is 0. The highest BCUT2D eigenvalue weighted by Gasteiger charge is 2.07. The predicted octanol–water partition coefficient (Wildman–Crippen LogP) is 13.7. The fourth-order valence-electron chi connectivity index (χ4n) is 5.99. The predicted molar refractivity (Wildman–Crippen MR) is 326 cm³/mol.